The van der Waals surface area contributed by atoms with Crippen LogP contribution in [0.1, 0.15) is 44.9 Å². The van der Waals surface area contributed by atoms with Crippen molar-refractivity contribution in [2.45, 2.75) is 51.5 Å². The van der Waals surface area contributed by atoms with Crippen LogP contribution in [0.25, 0.3) is 0 Å². The molecule has 6 nitrogen and oxygen atoms in total. The number of carbonyl (C=O) groups excluding carboxylic acids is 1. The number of hydrogen-bond acceptors (Lipinski definition) is 6. The summed E-state index contributed by atoms with van der Waals surface area (Å²) in [6, 6.07) is 0. The van der Waals surface area contributed by atoms with E-state index in [1.54, 1.807) is 0 Å². The van der Waals surface area contributed by atoms with E-state index in [4.69, 9.17) is 5.73 Å². The molecule has 0 bridgehead atoms. The zero-order valence-electron chi connectivity index (χ0n) is 14.9. The summed E-state index contributed by atoms with van der Waals surface area (Å²) < 4.78 is 4.26. The Kier molecular flexibility index (Phi) is 8.38. The third-order valence-corrected chi connectivity index (χ3v) is 6.02. The molecule has 1 aromatic rings. The molecule has 2 aliphatic rings. The molecule has 2 N–H and O–H groups in total. The minimum atomic E-state index is -0.350. The standard InChI is InChI=1S/C16H27N5OS.2ClH/c1-12-18-15(23-19-12)21-9-5-8-20(10-11-21)14(22)13-6-3-4-7-16(13,2)17;;/h13H,3-11,17H2,1-2H3;2*1H. The van der Waals surface area contributed by atoms with Gasteiger partial charge in [0.15, 0.2) is 0 Å². The number of anilines is 1. The molecule has 144 valence electrons. The second-order valence-electron chi connectivity index (χ2n) is 7.09. The van der Waals surface area contributed by atoms with Gasteiger partial charge < -0.3 is 15.5 Å². The summed E-state index contributed by atoms with van der Waals surface area (Å²) in [5.74, 6) is 1.06. The number of nitrogens with two attached hydrogens (primary N) is 1. The van der Waals surface area contributed by atoms with E-state index in [1.165, 1.54) is 11.5 Å². The fourth-order valence-electron chi connectivity index (χ4n) is 3.73. The number of carbonyl (C=O) groups is 1. The number of nitrogens with zero attached hydrogens (tertiary/aromatic N) is 4. The number of aryl methyl sites for hydroxylation is 1. The van der Waals surface area contributed by atoms with E-state index < -0.39 is 0 Å². The van der Waals surface area contributed by atoms with E-state index in [1.807, 2.05) is 18.7 Å². The summed E-state index contributed by atoms with van der Waals surface area (Å²) in [5.41, 5.74) is 6.07. The van der Waals surface area contributed by atoms with E-state index in [9.17, 15) is 4.79 Å². The summed E-state index contributed by atoms with van der Waals surface area (Å²) >= 11 is 1.44. The number of halogens is 2. The Morgan fingerprint density at radius 2 is 1.96 bits per heavy atom. The third-order valence-electron chi connectivity index (χ3n) is 5.15. The zero-order valence-corrected chi connectivity index (χ0v) is 17.4. The van der Waals surface area contributed by atoms with E-state index in [0.29, 0.717) is 0 Å². The normalized spacial score (nSPS) is 27.1. The molecule has 1 aliphatic carbocycles. The van der Waals surface area contributed by atoms with Crippen molar-refractivity contribution in [3.8, 4) is 0 Å². The van der Waals surface area contributed by atoms with Crippen LogP contribution < -0.4 is 10.6 Å². The molecule has 2 fully saturated rings. The maximum absolute atomic E-state index is 13.0. The second kappa shape index (κ2) is 9.35. The summed E-state index contributed by atoms with van der Waals surface area (Å²) in [4.78, 5) is 21.7. The van der Waals surface area contributed by atoms with Crippen molar-refractivity contribution in [1.29, 1.82) is 0 Å². The average Bonchev–Trinajstić information content (AvgIpc) is 2.80. The fraction of sp³-hybridized carbons (Fsp3) is 0.812. The predicted molar refractivity (Wildman–Crippen MR) is 107 cm³/mol. The lowest BCUT2D eigenvalue weighted by atomic mass is 9.74. The van der Waals surface area contributed by atoms with Gasteiger partial charge in [-0.2, -0.15) is 4.37 Å². The first-order chi connectivity index (χ1) is 11.0. The van der Waals surface area contributed by atoms with Crippen molar-refractivity contribution in [1.82, 2.24) is 14.3 Å². The van der Waals surface area contributed by atoms with Crippen LogP contribution in [0.5, 0.6) is 0 Å². The van der Waals surface area contributed by atoms with Gasteiger partial charge in [-0.3, -0.25) is 4.79 Å². The van der Waals surface area contributed by atoms with Gasteiger partial charge in [-0.05, 0) is 33.1 Å². The molecule has 2 unspecified atom stereocenters. The molecule has 0 radical (unpaired) electrons. The van der Waals surface area contributed by atoms with E-state index in [-0.39, 0.29) is 42.2 Å². The molecule has 1 amide bonds. The van der Waals surface area contributed by atoms with Crippen LogP contribution in [-0.2, 0) is 4.79 Å². The topological polar surface area (TPSA) is 75.4 Å². The molecule has 1 aliphatic heterocycles. The Hall–Kier alpha value is -0.630. The summed E-state index contributed by atoms with van der Waals surface area (Å²) in [7, 11) is 0. The molecule has 2 atom stereocenters. The van der Waals surface area contributed by atoms with Crippen LogP contribution in [-0.4, -0.2) is 51.9 Å². The summed E-state index contributed by atoms with van der Waals surface area (Å²) in [6.07, 6.45) is 5.11. The van der Waals surface area contributed by atoms with Crippen molar-refractivity contribution in [2.75, 3.05) is 31.1 Å². The zero-order chi connectivity index (χ0) is 16.4. The highest BCUT2D eigenvalue weighted by molar-refractivity contribution is 7.09. The van der Waals surface area contributed by atoms with E-state index in [2.05, 4.69) is 14.3 Å². The fourth-order valence-corrected chi connectivity index (χ4v) is 4.45. The van der Waals surface area contributed by atoms with Gasteiger partial charge in [0.05, 0.1) is 5.92 Å². The van der Waals surface area contributed by atoms with Crippen LogP contribution in [0.15, 0.2) is 0 Å². The lowest BCUT2D eigenvalue weighted by molar-refractivity contribution is -0.138. The molecule has 2 heterocycles. The number of hydrogen-bond donors (Lipinski definition) is 1. The molecule has 25 heavy (non-hydrogen) atoms. The minimum Gasteiger partial charge on any atom is -0.345 e. The van der Waals surface area contributed by atoms with Gasteiger partial charge in [0.1, 0.15) is 5.82 Å². The molecule has 3 rings (SSSR count). The van der Waals surface area contributed by atoms with Gasteiger partial charge >= 0.3 is 0 Å². The highest BCUT2D eigenvalue weighted by Crippen LogP contribution is 2.33. The number of amides is 1. The summed E-state index contributed by atoms with van der Waals surface area (Å²) in [6.45, 7) is 7.29. The van der Waals surface area contributed by atoms with Crippen molar-refractivity contribution >= 4 is 47.4 Å². The van der Waals surface area contributed by atoms with Crippen LogP contribution in [0.2, 0.25) is 0 Å². The first kappa shape index (κ1) is 22.4. The quantitative estimate of drug-likeness (QED) is 0.811. The van der Waals surface area contributed by atoms with Gasteiger partial charge in [-0.1, -0.05) is 12.8 Å². The molecule has 1 aromatic heterocycles. The Labute approximate surface area is 166 Å². The first-order valence-corrected chi connectivity index (χ1v) is 9.37. The average molecular weight is 410 g/mol. The molecular formula is C16H29Cl2N5OS. The third kappa shape index (κ3) is 5.18. The summed E-state index contributed by atoms with van der Waals surface area (Å²) in [5, 5.41) is 0.970. The highest BCUT2D eigenvalue weighted by atomic mass is 35.5. The van der Waals surface area contributed by atoms with Crippen LogP contribution in [0.4, 0.5) is 5.13 Å². The Bertz CT molecular complexity index is 568. The predicted octanol–water partition coefficient (Wildman–Crippen LogP) is 2.64. The van der Waals surface area contributed by atoms with Gasteiger partial charge in [0.2, 0.25) is 11.0 Å². The molecule has 1 saturated heterocycles. The maximum atomic E-state index is 13.0. The van der Waals surface area contributed by atoms with Crippen LogP contribution >= 0.6 is 36.3 Å². The van der Waals surface area contributed by atoms with Crippen molar-refractivity contribution in [2.24, 2.45) is 11.7 Å². The molecule has 0 spiro atoms. The molecule has 1 saturated carbocycles. The maximum Gasteiger partial charge on any atom is 0.227 e. The van der Waals surface area contributed by atoms with Crippen molar-refractivity contribution < 1.29 is 4.79 Å². The Morgan fingerprint density at radius 1 is 1.20 bits per heavy atom. The number of rotatable bonds is 2. The number of aromatic nitrogens is 2. The largest absolute Gasteiger partial charge is 0.345 e. The molecule has 9 heteroatoms. The monoisotopic (exact) mass is 409 g/mol. The Balaban J connectivity index is 0.00000156. The lowest BCUT2D eigenvalue weighted by Crippen LogP contribution is -2.54. The van der Waals surface area contributed by atoms with Crippen molar-refractivity contribution in [3.63, 3.8) is 0 Å². The first-order valence-electron chi connectivity index (χ1n) is 8.60. The van der Waals surface area contributed by atoms with Crippen LogP contribution in [0.3, 0.4) is 0 Å². The lowest BCUT2D eigenvalue weighted by Gasteiger charge is -2.39. The second-order valence-corrected chi connectivity index (χ2v) is 7.82. The van der Waals surface area contributed by atoms with Gasteiger partial charge in [0, 0.05) is 43.3 Å². The SMILES string of the molecule is Cc1nsc(N2CCCN(C(=O)C3CCCCC3(C)N)CC2)n1.Cl.Cl. The van der Waals surface area contributed by atoms with Gasteiger partial charge in [-0.15, -0.1) is 24.8 Å². The minimum absolute atomic E-state index is 0. The van der Waals surface area contributed by atoms with Crippen molar-refractivity contribution in [3.05, 3.63) is 5.82 Å². The Morgan fingerprint density at radius 3 is 2.60 bits per heavy atom. The molecular weight excluding hydrogens is 381 g/mol. The molecule has 0 aromatic carbocycles. The van der Waals surface area contributed by atoms with E-state index >= 15 is 0 Å². The highest BCUT2D eigenvalue weighted by Gasteiger charge is 2.40. The van der Waals surface area contributed by atoms with Crippen LogP contribution in [0, 0.1) is 12.8 Å². The van der Waals surface area contributed by atoms with Gasteiger partial charge in [0.25, 0.3) is 0 Å². The van der Waals surface area contributed by atoms with Gasteiger partial charge in [-0.25, -0.2) is 4.98 Å². The van der Waals surface area contributed by atoms with E-state index in [0.717, 1.165) is 69.2 Å². The smallest absolute Gasteiger partial charge is 0.227 e.